The van der Waals surface area contributed by atoms with E-state index in [1.807, 2.05) is 0 Å². The highest BCUT2D eigenvalue weighted by Crippen LogP contribution is 2.14. The number of amides is 1. The molecule has 0 unspecified atom stereocenters. The Bertz CT molecular complexity index is 237. The molecular weight excluding hydrogens is 166 g/mol. The fourth-order valence-corrected chi connectivity index (χ4v) is 1.23. The topological polar surface area (TPSA) is 77.2 Å². The third-order valence-corrected chi connectivity index (χ3v) is 1.79. The van der Waals surface area contributed by atoms with Gasteiger partial charge in [0.2, 0.25) is 6.41 Å². The molecule has 1 rings (SSSR count). The molecular formula is C5H7N3O2S. The van der Waals surface area contributed by atoms with Crippen LogP contribution in [0, 0.1) is 0 Å². The number of nitrogens with two attached hydrogens (primary N) is 1. The molecule has 0 spiro atoms. The van der Waals surface area contributed by atoms with Crippen LogP contribution in [-0.4, -0.2) is 11.4 Å². The summed E-state index contributed by atoms with van der Waals surface area (Å²) in [7, 11) is 0. The molecule has 0 aliphatic heterocycles. The van der Waals surface area contributed by atoms with E-state index in [-0.39, 0.29) is 6.61 Å². The maximum Gasteiger partial charge on any atom is 0.213 e. The second-order valence-electron chi connectivity index (χ2n) is 1.72. The van der Waals surface area contributed by atoms with Crippen molar-refractivity contribution in [2.24, 2.45) is 5.90 Å². The van der Waals surface area contributed by atoms with Crippen LogP contribution >= 0.6 is 11.3 Å². The van der Waals surface area contributed by atoms with E-state index in [2.05, 4.69) is 15.1 Å². The lowest BCUT2D eigenvalue weighted by atomic mass is 10.5. The molecule has 60 valence electrons. The van der Waals surface area contributed by atoms with E-state index < -0.39 is 0 Å². The van der Waals surface area contributed by atoms with Crippen molar-refractivity contribution in [3.05, 3.63) is 11.1 Å². The summed E-state index contributed by atoms with van der Waals surface area (Å²) >= 11 is 1.33. The smallest absolute Gasteiger partial charge is 0.213 e. The Morgan fingerprint density at radius 2 is 2.73 bits per heavy atom. The van der Waals surface area contributed by atoms with Crippen LogP contribution in [0.4, 0.5) is 5.13 Å². The molecule has 0 radical (unpaired) electrons. The van der Waals surface area contributed by atoms with Gasteiger partial charge in [-0.3, -0.25) is 9.63 Å². The highest BCUT2D eigenvalue weighted by Gasteiger charge is 1.99. The van der Waals surface area contributed by atoms with Gasteiger partial charge in [-0.15, -0.1) is 11.3 Å². The van der Waals surface area contributed by atoms with Gasteiger partial charge < -0.3 is 5.32 Å². The largest absolute Gasteiger partial charge is 0.305 e. The van der Waals surface area contributed by atoms with Crippen LogP contribution < -0.4 is 11.2 Å². The van der Waals surface area contributed by atoms with Gasteiger partial charge >= 0.3 is 0 Å². The Labute approximate surface area is 67.1 Å². The molecule has 0 bridgehead atoms. The molecule has 1 aromatic heterocycles. The zero-order valence-corrected chi connectivity index (χ0v) is 6.43. The lowest BCUT2D eigenvalue weighted by Gasteiger charge is -1.89. The number of nitrogens with zero attached hydrogens (tertiary/aromatic N) is 1. The van der Waals surface area contributed by atoms with E-state index in [0.29, 0.717) is 17.2 Å². The van der Waals surface area contributed by atoms with E-state index in [0.717, 1.165) is 0 Å². The summed E-state index contributed by atoms with van der Waals surface area (Å²) in [4.78, 5) is 18.2. The summed E-state index contributed by atoms with van der Waals surface area (Å²) in [5, 5.41) is 4.73. The number of carbonyl (C=O) groups is 1. The van der Waals surface area contributed by atoms with Crippen molar-refractivity contribution in [1.82, 2.24) is 4.98 Å². The molecule has 11 heavy (non-hydrogen) atoms. The van der Waals surface area contributed by atoms with Crippen LogP contribution in [0.1, 0.15) is 5.69 Å². The number of aromatic nitrogens is 1. The van der Waals surface area contributed by atoms with Gasteiger partial charge in [0.25, 0.3) is 0 Å². The lowest BCUT2D eigenvalue weighted by molar-refractivity contribution is -0.105. The van der Waals surface area contributed by atoms with Crippen LogP contribution in [0.3, 0.4) is 0 Å². The van der Waals surface area contributed by atoms with Gasteiger partial charge in [0.05, 0.1) is 5.69 Å². The number of thiazole rings is 1. The van der Waals surface area contributed by atoms with Crippen molar-refractivity contribution in [3.63, 3.8) is 0 Å². The molecule has 5 nitrogen and oxygen atoms in total. The van der Waals surface area contributed by atoms with E-state index in [1.165, 1.54) is 11.3 Å². The third kappa shape index (κ3) is 2.26. The molecule has 6 heteroatoms. The molecule has 1 amide bonds. The summed E-state index contributed by atoms with van der Waals surface area (Å²) in [6, 6.07) is 0. The van der Waals surface area contributed by atoms with Crippen molar-refractivity contribution in [3.8, 4) is 0 Å². The van der Waals surface area contributed by atoms with E-state index in [4.69, 9.17) is 5.90 Å². The first kappa shape index (κ1) is 8.12. The number of carbonyl (C=O) groups excluding carboxylic acids is 1. The molecule has 0 aliphatic carbocycles. The van der Waals surface area contributed by atoms with Crippen molar-refractivity contribution in [2.45, 2.75) is 6.61 Å². The summed E-state index contributed by atoms with van der Waals surface area (Å²) in [5.41, 5.74) is 0.710. The second kappa shape index (κ2) is 4.02. The fourth-order valence-electron chi connectivity index (χ4n) is 0.575. The van der Waals surface area contributed by atoms with Gasteiger partial charge in [0.15, 0.2) is 5.13 Å². The first-order chi connectivity index (χ1) is 5.36. The summed E-state index contributed by atoms with van der Waals surface area (Å²) in [6.07, 6.45) is 0.575. The summed E-state index contributed by atoms with van der Waals surface area (Å²) in [5.74, 6) is 4.82. The Morgan fingerprint density at radius 3 is 3.36 bits per heavy atom. The van der Waals surface area contributed by atoms with Gasteiger partial charge in [-0.2, -0.15) is 0 Å². The quantitative estimate of drug-likeness (QED) is 0.500. The first-order valence-electron chi connectivity index (χ1n) is 2.83. The third-order valence-electron chi connectivity index (χ3n) is 0.965. The minimum absolute atomic E-state index is 0.261. The molecule has 0 fully saturated rings. The standard InChI is InChI=1S/C5H7N3O2S/c6-10-1-4-2-11-5(8-4)7-3-9/h2-3H,1,6H2,(H,7,8,9). The SMILES string of the molecule is NOCc1csc(NC=O)n1. The molecule has 0 atom stereocenters. The van der Waals surface area contributed by atoms with Crippen molar-refractivity contribution in [2.75, 3.05) is 5.32 Å². The Balaban J connectivity index is 2.57. The maximum atomic E-state index is 9.94. The first-order valence-corrected chi connectivity index (χ1v) is 3.71. The zero-order valence-electron chi connectivity index (χ0n) is 5.61. The van der Waals surface area contributed by atoms with Crippen LogP contribution in [0.5, 0.6) is 0 Å². The zero-order chi connectivity index (χ0) is 8.10. The highest BCUT2D eigenvalue weighted by molar-refractivity contribution is 7.13. The van der Waals surface area contributed by atoms with Crippen LogP contribution in [0.25, 0.3) is 0 Å². The number of hydrogen-bond donors (Lipinski definition) is 2. The highest BCUT2D eigenvalue weighted by atomic mass is 32.1. The van der Waals surface area contributed by atoms with Gasteiger partial charge in [0.1, 0.15) is 6.61 Å². The number of hydrogen-bond acceptors (Lipinski definition) is 5. The van der Waals surface area contributed by atoms with Gasteiger partial charge in [0, 0.05) is 5.38 Å². The van der Waals surface area contributed by atoms with E-state index in [1.54, 1.807) is 5.38 Å². The Hall–Kier alpha value is -0.980. The predicted molar refractivity (Wildman–Crippen MR) is 40.8 cm³/mol. The minimum Gasteiger partial charge on any atom is -0.305 e. The van der Waals surface area contributed by atoms with Crippen molar-refractivity contribution in [1.29, 1.82) is 0 Å². The number of anilines is 1. The lowest BCUT2D eigenvalue weighted by Crippen LogP contribution is -1.99. The monoisotopic (exact) mass is 173 g/mol. The Kier molecular flexibility index (Phi) is 2.96. The van der Waals surface area contributed by atoms with E-state index in [9.17, 15) is 4.79 Å². The average Bonchev–Trinajstić information content (AvgIpc) is 2.38. The molecule has 0 saturated carbocycles. The van der Waals surface area contributed by atoms with Gasteiger partial charge in [-0.25, -0.2) is 10.9 Å². The average molecular weight is 173 g/mol. The second-order valence-corrected chi connectivity index (χ2v) is 2.58. The molecule has 1 heterocycles. The van der Waals surface area contributed by atoms with E-state index >= 15 is 0 Å². The summed E-state index contributed by atoms with van der Waals surface area (Å²) < 4.78 is 0. The fraction of sp³-hybridized carbons (Fsp3) is 0.200. The van der Waals surface area contributed by atoms with Crippen LogP contribution in [0.15, 0.2) is 5.38 Å². The molecule has 3 N–H and O–H groups in total. The summed E-state index contributed by atoms with van der Waals surface area (Å²) in [6.45, 7) is 0.261. The van der Waals surface area contributed by atoms with Crippen LogP contribution in [-0.2, 0) is 16.2 Å². The number of rotatable bonds is 4. The van der Waals surface area contributed by atoms with Crippen LogP contribution in [0.2, 0.25) is 0 Å². The van der Waals surface area contributed by atoms with Crippen molar-refractivity contribution >= 4 is 22.9 Å². The number of nitrogens with one attached hydrogen (secondary N) is 1. The van der Waals surface area contributed by atoms with Crippen molar-refractivity contribution < 1.29 is 9.63 Å². The molecule has 1 aromatic rings. The molecule has 0 aromatic carbocycles. The minimum atomic E-state index is 0.261. The van der Waals surface area contributed by atoms with Gasteiger partial charge in [-0.1, -0.05) is 0 Å². The predicted octanol–water partition coefficient (Wildman–Crippen LogP) is 0.102. The normalized spacial score (nSPS) is 9.55. The van der Waals surface area contributed by atoms with Gasteiger partial charge in [-0.05, 0) is 0 Å². The molecule has 0 aliphatic rings. The Morgan fingerprint density at radius 1 is 1.91 bits per heavy atom. The maximum absolute atomic E-state index is 9.94. The molecule has 0 saturated heterocycles.